The van der Waals surface area contributed by atoms with Crippen molar-refractivity contribution in [3.8, 4) is 28.6 Å². The van der Waals surface area contributed by atoms with Crippen LogP contribution in [0.1, 0.15) is 17.0 Å². The Morgan fingerprint density at radius 3 is 2.66 bits per heavy atom. The molecule has 0 fully saturated rings. The van der Waals surface area contributed by atoms with Gasteiger partial charge in [0.25, 0.3) is 5.56 Å². The van der Waals surface area contributed by atoms with E-state index >= 15 is 0 Å². The molecule has 0 spiro atoms. The highest BCUT2D eigenvalue weighted by atomic mass is 16.1. The number of benzene rings is 1. The number of hydrogen-bond donors (Lipinski definition) is 2. The van der Waals surface area contributed by atoms with E-state index in [-0.39, 0.29) is 11.5 Å². The molecular formula is C24H20N10O. The predicted molar refractivity (Wildman–Crippen MR) is 130 cm³/mol. The minimum atomic E-state index is -0.254. The van der Waals surface area contributed by atoms with Crippen LogP contribution in [-0.4, -0.2) is 34.3 Å². The Bertz CT molecular complexity index is 1680. The van der Waals surface area contributed by atoms with Gasteiger partial charge in [-0.2, -0.15) is 19.9 Å². The van der Waals surface area contributed by atoms with Crippen LogP contribution in [0.2, 0.25) is 0 Å². The average molecular weight is 464 g/mol. The molecule has 0 aliphatic heterocycles. The van der Waals surface area contributed by atoms with Crippen molar-refractivity contribution in [1.82, 2.24) is 34.3 Å². The summed E-state index contributed by atoms with van der Waals surface area (Å²) in [5.74, 6) is 0.441. The van der Waals surface area contributed by atoms with E-state index < -0.39 is 0 Å². The van der Waals surface area contributed by atoms with Crippen molar-refractivity contribution in [2.24, 2.45) is 7.05 Å². The fraction of sp³-hybridized carbons (Fsp3) is 0.125. The number of nitrogens with two attached hydrogens (primary N) is 1. The second-order valence-electron chi connectivity index (χ2n) is 7.86. The SMILES string of the molecule is Cc1cccc(CNc2nc3c(-c4ccc(=O)n(C)n4)c(-c4cccc(C#N)c4)nc(N)n3n2)n1. The molecule has 4 heterocycles. The van der Waals surface area contributed by atoms with Gasteiger partial charge in [0.05, 0.1) is 40.8 Å². The van der Waals surface area contributed by atoms with Crippen molar-refractivity contribution in [3.63, 3.8) is 0 Å². The fourth-order valence-corrected chi connectivity index (χ4v) is 3.72. The Hall–Kier alpha value is -5.11. The highest BCUT2D eigenvalue weighted by Gasteiger charge is 2.21. The monoisotopic (exact) mass is 464 g/mol. The van der Waals surface area contributed by atoms with Crippen molar-refractivity contribution in [2.75, 3.05) is 11.1 Å². The van der Waals surface area contributed by atoms with E-state index in [1.807, 2.05) is 31.2 Å². The zero-order chi connectivity index (χ0) is 24.5. The smallest absolute Gasteiger partial charge is 0.266 e. The maximum absolute atomic E-state index is 12.0. The van der Waals surface area contributed by atoms with Gasteiger partial charge < -0.3 is 11.1 Å². The van der Waals surface area contributed by atoms with E-state index in [4.69, 9.17) is 5.73 Å². The number of pyridine rings is 1. The van der Waals surface area contributed by atoms with E-state index in [0.29, 0.717) is 46.2 Å². The van der Waals surface area contributed by atoms with Gasteiger partial charge in [0.1, 0.15) is 0 Å². The molecule has 0 bridgehead atoms. The van der Waals surface area contributed by atoms with Crippen molar-refractivity contribution >= 4 is 17.5 Å². The zero-order valence-electron chi connectivity index (χ0n) is 19.0. The van der Waals surface area contributed by atoms with Crippen LogP contribution < -0.4 is 16.6 Å². The quantitative estimate of drug-likeness (QED) is 0.399. The maximum atomic E-state index is 12.0. The minimum absolute atomic E-state index is 0.111. The topological polar surface area (TPSA) is 153 Å². The summed E-state index contributed by atoms with van der Waals surface area (Å²) < 4.78 is 2.66. The molecule has 5 aromatic rings. The number of aryl methyl sites for hydroxylation is 2. The van der Waals surface area contributed by atoms with Crippen LogP contribution in [0.5, 0.6) is 0 Å². The number of nitrogen functional groups attached to an aromatic ring is 1. The number of hydrogen-bond acceptors (Lipinski definition) is 9. The molecule has 0 atom stereocenters. The summed E-state index contributed by atoms with van der Waals surface area (Å²) in [5.41, 5.74) is 10.8. The predicted octanol–water partition coefficient (Wildman–Crippen LogP) is 2.32. The fourth-order valence-electron chi connectivity index (χ4n) is 3.72. The average Bonchev–Trinajstić information content (AvgIpc) is 3.29. The Morgan fingerprint density at radius 2 is 1.89 bits per heavy atom. The van der Waals surface area contributed by atoms with Gasteiger partial charge in [0.15, 0.2) is 5.65 Å². The highest BCUT2D eigenvalue weighted by Crippen LogP contribution is 2.34. The highest BCUT2D eigenvalue weighted by molar-refractivity contribution is 5.89. The van der Waals surface area contributed by atoms with Crippen LogP contribution in [0.25, 0.3) is 28.2 Å². The molecule has 172 valence electrons. The van der Waals surface area contributed by atoms with Gasteiger partial charge in [0.2, 0.25) is 11.9 Å². The third-order valence-electron chi connectivity index (χ3n) is 5.37. The standard InChI is InChI=1S/C24H20N10O/c1-14-5-3-8-17(28-14)13-27-24-30-22-20(18-9-10-19(35)33(2)31-18)21(29-23(26)34(22)32-24)16-7-4-6-15(11-16)12-25/h3-11H,13H2,1-2H3,(H2,26,29)(H,27,32). The van der Waals surface area contributed by atoms with E-state index in [1.54, 1.807) is 31.3 Å². The first-order valence-corrected chi connectivity index (χ1v) is 10.7. The van der Waals surface area contributed by atoms with Crippen molar-refractivity contribution in [1.29, 1.82) is 5.26 Å². The van der Waals surface area contributed by atoms with E-state index in [0.717, 1.165) is 11.4 Å². The normalized spacial score (nSPS) is 10.9. The van der Waals surface area contributed by atoms with Gasteiger partial charge in [-0.25, -0.2) is 9.67 Å². The second-order valence-corrected chi connectivity index (χ2v) is 7.86. The lowest BCUT2D eigenvalue weighted by Crippen LogP contribution is -2.18. The summed E-state index contributed by atoms with van der Waals surface area (Å²) in [7, 11) is 1.56. The van der Waals surface area contributed by atoms with Crippen LogP contribution in [-0.2, 0) is 13.6 Å². The molecule has 4 aromatic heterocycles. The van der Waals surface area contributed by atoms with Crippen molar-refractivity contribution in [2.45, 2.75) is 13.5 Å². The number of fused-ring (bicyclic) bond motifs is 1. The number of rotatable bonds is 5. The molecule has 0 aliphatic rings. The maximum Gasteiger partial charge on any atom is 0.266 e. The second kappa shape index (κ2) is 8.68. The molecule has 0 aliphatic carbocycles. The number of nitrogens with zero attached hydrogens (tertiary/aromatic N) is 8. The van der Waals surface area contributed by atoms with Crippen molar-refractivity contribution in [3.05, 3.63) is 81.9 Å². The first-order chi connectivity index (χ1) is 16.9. The lowest BCUT2D eigenvalue weighted by atomic mass is 10.0. The summed E-state index contributed by atoms with van der Waals surface area (Å²) in [4.78, 5) is 25.7. The summed E-state index contributed by atoms with van der Waals surface area (Å²) in [5, 5.41) is 21.4. The minimum Gasteiger partial charge on any atom is -0.368 e. The Morgan fingerprint density at radius 1 is 1.06 bits per heavy atom. The first kappa shape index (κ1) is 21.7. The number of nitrogens with one attached hydrogen (secondary N) is 1. The summed E-state index contributed by atoms with van der Waals surface area (Å²) in [6, 6.07) is 17.9. The number of anilines is 2. The molecule has 11 nitrogen and oxygen atoms in total. The summed E-state index contributed by atoms with van der Waals surface area (Å²) >= 11 is 0. The van der Waals surface area contributed by atoms with Gasteiger partial charge in [0, 0.05) is 24.4 Å². The van der Waals surface area contributed by atoms with Crippen molar-refractivity contribution < 1.29 is 0 Å². The molecule has 0 amide bonds. The van der Waals surface area contributed by atoms with E-state index in [9.17, 15) is 10.1 Å². The molecule has 0 unspecified atom stereocenters. The van der Waals surface area contributed by atoms with E-state index in [1.165, 1.54) is 15.3 Å². The lowest BCUT2D eigenvalue weighted by molar-refractivity contribution is 0.712. The van der Waals surface area contributed by atoms with Crippen LogP contribution in [0.15, 0.2) is 59.4 Å². The molecule has 3 N–H and O–H groups in total. The van der Waals surface area contributed by atoms with Crippen LogP contribution >= 0.6 is 0 Å². The Balaban J connectivity index is 1.69. The third kappa shape index (κ3) is 4.16. The molecule has 0 saturated carbocycles. The number of nitriles is 1. The first-order valence-electron chi connectivity index (χ1n) is 10.7. The number of aromatic nitrogens is 7. The van der Waals surface area contributed by atoms with Crippen LogP contribution in [0, 0.1) is 18.3 Å². The van der Waals surface area contributed by atoms with Gasteiger partial charge >= 0.3 is 0 Å². The molecule has 0 radical (unpaired) electrons. The van der Waals surface area contributed by atoms with Crippen LogP contribution in [0.3, 0.4) is 0 Å². The van der Waals surface area contributed by atoms with E-state index in [2.05, 4.69) is 36.5 Å². The largest absolute Gasteiger partial charge is 0.368 e. The third-order valence-corrected chi connectivity index (χ3v) is 5.37. The van der Waals surface area contributed by atoms with Gasteiger partial charge in [-0.05, 0) is 37.3 Å². The molecule has 1 aromatic carbocycles. The molecule has 35 heavy (non-hydrogen) atoms. The lowest BCUT2D eigenvalue weighted by Gasteiger charge is -2.12. The summed E-state index contributed by atoms with van der Waals surface area (Å²) in [6.07, 6.45) is 0. The molecule has 5 rings (SSSR count). The molecular weight excluding hydrogens is 444 g/mol. The van der Waals surface area contributed by atoms with Gasteiger partial charge in [-0.3, -0.25) is 9.78 Å². The molecule has 11 heteroatoms. The van der Waals surface area contributed by atoms with Gasteiger partial charge in [-0.15, -0.1) is 5.10 Å². The Labute approximate surface area is 199 Å². The van der Waals surface area contributed by atoms with Gasteiger partial charge in [-0.1, -0.05) is 18.2 Å². The Kier molecular flexibility index (Phi) is 5.39. The zero-order valence-corrected chi connectivity index (χ0v) is 19.0. The summed E-state index contributed by atoms with van der Waals surface area (Å²) in [6.45, 7) is 2.34. The molecule has 0 saturated heterocycles. The van der Waals surface area contributed by atoms with Crippen LogP contribution in [0.4, 0.5) is 11.9 Å².